The number of hydrogen-bond donors (Lipinski definition) is 3. The van der Waals surface area contributed by atoms with Gasteiger partial charge in [-0.05, 0) is 25.0 Å². The number of oxazole rings is 1. The van der Waals surface area contributed by atoms with Gasteiger partial charge in [0.1, 0.15) is 6.54 Å². The Hall–Kier alpha value is -3.43. The lowest BCUT2D eigenvalue weighted by Gasteiger charge is -2.23. The number of amides is 2. The maximum Gasteiger partial charge on any atom is 0.417 e. The Balaban J connectivity index is 1.40. The smallest absolute Gasteiger partial charge is 0.406 e. The van der Waals surface area contributed by atoms with Crippen LogP contribution in [0, 0.1) is 5.92 Å². The number of para-hydroxylation sites is 1. The fourth-order valence-electron chi connectivity index (χ4n) is 2.74. The van der Waals surface area contributed by atoms with Gasteiger partial charge in [0.05, 0.1) is 17.4 Å². The molecule has 0 atom stereocenters. The molecular formula is C16H16N6O4. The van der Waals surface area contributed by atoms with Gasteiger partial charge in [-0.15, -0.1) is 5.10 Å². The van der Waals surface area contributed by atoms with Crippen LogP contribution in [0.5, 0.6) is 0 Å². The molecule has 10 heteroatoms. The average molecular weight is 356 g/mol. The number of hydrogen-bond acceptors (Lipinski definition) is 6. The van der Waals surface area contributed by atoms with E-state index in [1.54, 1.807) is 18.2 Å². The van der Waals surface area contributed by atoms with Crippen LogP contribution < -0.4 is 16.4 Å². The largest absolute Gasteiger partial charge is 0.417 e. The Morgan fingerprint density at radius 3 is 2.92 bits per heavy atom. The number of fused-ring (bicyclic) bond motifs is 1. The van der Waals surface area contributed by atoms with Crippen molar-refractivity contribution < 1.29 is 14.0 Å². The molecule has 3 N–H and O–H groups in total. The molecule has 2 heterocycles. The molecule has 10 nitrogen and oxygen atoms in total. The molecule has 0 saturated heterocycles. The molecule has 1 aromatic carbocycles. The van der Waals surface area contributed by atoms with Gasteiger partial charge in [0, 0.05) is 5.92 Å². The molecule has 0 unspecified atom stereocenters. The van der Waals surface area contributed by atoms with Gasteiger partial charge >= 0.3 is 5.76 Å². The van der Waals surface area contributed by atoms with Crippen molar-refractivity contribution in [3.8, 4) is 0 Å². The second-order valence-corrected chi connectivity index (χ2v) is 6.16. The van der Waals surface area contributed by atoms with Crippen molar-refractivity contribution >= 4 is 34.4 Å². The molecule has 0 radical (unpaired) electrons. The molecule has 0 aliphatic heterocycles. The van der Waals surface area contributed by atoms with Gasteiger partial charge in [0.25, 0.3) is 0 Å². The quantitative estimate of drug-likeness (QED) is 0.626. The Bertz CT molecular complexity index is 1030. The molecule has 0 spiro atoms. The van der Waals surface area contributed by atoms with Crippen molar-refractivity contribution in [2.75, 3.05) is 10.6 Å². The molecule has 1 aliphatic rings. The molecule has 3 aromatic rings. The molecular weight excluding hydrogens is 340 g/mol. The number of nitrogens with zero attached hydrogens (tertiary/aromatic N) is 3. The van der Waals surface area contributed by atoms with E-state index in [4.69, 9.17) is 4.42 Å². The maximum absolute atomic E-state index is 12.2. The van der Waals surface area contributed by atoms with Gasteiger partial charge in [-0.1, -0.05) is 17.7 Å². The zero-order chi connectivity index (χ0) is 18.1. The average Bonchev–Trinajstić information content (AvgIpc) is 3.11. The minimum absolute atomic E-state index is 0.0416. The Kier molecular flexibility index (Phi) is 3.99. The first kappa shape index (κ1) is 16.1. The van der Waals surface area contributed by atoms with E-state index in [2.05, 4.69) is 25.9 Å². The summed E-state index contributed by atoms with van der Waals surface area (Å²) < 4.78 is 6.35. The highest BCUT2D eigenvalue weighted by Crippen LogP contribution is 2.27. The topological polar surface area (TPSA) is 135 Å². The maximum atomic E-state index is 12.2. The summed E-state index contributed by atoms with van der Waals surface area (Å²) in [7, 11) is 0. The summed E-state index contributed by atoms with van der Waals surface area (Å²) in [6.07, 6.45) is 4.35. The second kappa shape index (κ2) is 6.47. The van der Waals surface area contributed by atoms with Crippen LogP contribution in [0.2, 0.25) is 0 Å². The molecule has 1 aliphatic carbocycles. The van der Waals surface area contributed by atoms with E-state index in [1.165, 1.54) is 10.9 Å². The monoisotopic (exact) mass is 356 g/mol. The van der Waals surface area contributed by atoms with E-state index in [-0.39, 0.29) is 29.9 Å². The summed E-state index contributed by atoms with van der Waals surface area (Å²) in [4.78, 5) is 37.9. The number of benzene rings is 1. The van der Waals surface area contributed by atoms with Crippen LogP contribution in [0.25, 0.3) is 11.1 Å². The van der Waals surface area contributed by atoms with Crippen LogP contribution in [0.15, 0.2) is 33.6 Å². The zero-order valence-electron chi connectivity index (χ0n) is 13.7. The molecule has 26 heavy (non-hydrogen) atoms. The number of nitrogens with one attached hydrogen (secondary N) is 3. The van der Waals surface area contributed by atoms with Crippen LogP contribution in [-0.2, 0) is 16.1 Å². The van der Waals surface area contributed by atoms with Gasteiger partial charge in [-0.2, -0.15) is 0 Å². The molecule has 1 saturated carbocycles. The van der Waals surface area contributed by atoms with Crippen LogP contribution in [0.3, 0.4) is 0 Å². The van der Waals surface area contributed by atoms with Crippen LogP contribution in [-0.4, -0.2) is 31.8 Å². The highest BCUT2D eigenvalue weighted by molar-refractivity contribution is 5.98. The van der Waals surface area contributed by atoms with Crippen molar-refractivity contribution in [1.29, 1.82) is 0 Å². The fourth-order valence-corrected chi connectivity index (χ4v) is 2.74. The van der Waals surface area contributed by atoms with Crippen molar-refractivity contribution in [3.05, 3.63) is 34.9 Å². The third-order valence-corrected chi connectivity index (χ3v) is 4.29. The van der Waals surface area contributed by atoms with Crippen LogP contribution in [0.4, 0.5) is 11.5 Å². The van der Waals surface area contributed by atoms with Crippen LogP contribution >= 0.6 is 0 Å². The van der Waals surface area contributed by atoms with E-state index in [9.17, 15) is 14.4 Å². The third-order valence-electron chi connectivity index (χ3n) is 4.29. The first-order valence-corrected chi connectivity index (χ1v) is 8.21. The second-order valence-electron chi connectivity index (χ2n) is 6.16. The fraction of sp³-hybridized carbons (Fsp3) is 0.312. The highest BCUT2D eigenvalue weighted by Gasteiger charge is 2.25. The number of carbonyl (C=O) groups is 2. The predicted octanol–water partition coefficient (Wildman–Crippen LogP) is 1.09. The van der Waals surface area contributed by atoms with Crippen molar-refractivity contribution in [1.82, 2.24) is 20.0 Å². The molecule has 2 aromatic heterocycles. The first-order chi connectivity index (χ1) is 12.6. The number of aromatic amines is 1. The minimum Gasteiger partial charge on any atom is -0.406 e. The number of anilines is 2. The molecule has 1 fully saturated rings. The number of rotatable bonds is 5. The van der Waals surface area contributed by atoms with Gasteiger partial charge in [-0.3, -0.25) is 14.6 Å². The van der Waals surface area contributed by atoms with E-state index in [0.29, 0.717) is 17.0 Å². The lowest BCUT2D eigenvalue weighted by atomic mass is 9.85. The first-order valence-electron chi connectivity index (χ1n) is 8.21. The van der Waals surface area contributed by atoms with Gasteiger partial charge in [-0.25, -0.2) is 9.48 Å². The Morgan fingerprint density at radius 1 is 1.31 bits per heavy atom. The molecule has 2 amide bonds. The van der Waals surface area contributed by atoms with Crippen molar-refractivity contribution in [2.24, 2.45) is 5.92 Å². The lowest BCUT2D eigenvalue weighted by molar-refractivity contribution is -0.122. The highest BCUT2D eigenvalue weighted by atomic mass is 16.4. The van der Waals surface area contributed by atoms with E-state index in [0.717, 1.165) is 19.3 Å². The molecule has 0 bridgehead atoms. The van der Waals surface area contributed by atoms with E-state index in [1.807, 2.05) is 0 Å². The minimum atomic E-state index is -0.593. The molecule has 4 rings (SSSR count). The lowest BCUT2D eigenvalue weighted by Crippen LogP contribution is -2.28. The third kappa shape index (κ3) is 3.21. The number of carbonyl (C=O) groups excluding carboxylic acids is 2. The van der Waals surface area contributed by atoms with Gasteiger partial charge in [0.15, 0.2) is 11.4 Å². The standard InChI is InChI=1S/C16H16N6O4/c23-13(17-10-5-2-6-11-14(10)26-16(25)18-11)8-22-7-12(20-21-22)19-15(24)9-3-1-4-9/h2,5-7,9H,1,3-4,8H2,(H,17,23)(H,18,25)(H,19,24). The van der Waals surface area contributed by atoms with Crippen LogP contribution in [0.1, 0.15) is 19.3 Å². The zero-order valence-corrected chi connectivity index (χ0v) is 13.7. The van der Waals surface area contributed by atoms with Gasteiger partial charge < -0.3 is 15.1 Å². The van der Waals surface area contributed by atoms with Gasteiger partial charge in [0.2, 0.25) is 11.8 Å². The number of H-pyrrole nitrogens is 1. The van der Waals surface area contributed by atoms with E-state index < -0.39 is 5.76 Å². The van der Waals surface area contributed by atoms with E-state index >= 15 is 0 Å². The molecule has 134 valence electrons. The summed E-state index contributed by atoms with van der Waals surface area (Å²) in [5.74, 6) is -0.678. The predicted molar refractivity (Wildman–Crippen MR) is 91.5 cm³/mol. The van der Waals surface area contributed by atoms with Crippen molar-refractivity contribution in [3.63, 3.8) is 0 Å². The normalized spacial score (nSPS) is 14.2. The summed E-state index contributed by atoms with van der Waals surface area (Å²) in [5.41, 5.74) is 1.15. The Labute approximate surface area is 146 Å². The SMILES string of the molecule is O=C(Cn1cc(NC(=O)C2CCC2)nn1)Nc1cccc2[nH]c(=O)oc12. The number of aromatic nitrogens is 4. The Morgan fingerprint density at radius 2 is 2.15 bits per heavy atom. The van der Waals surface area contributed by atoms with Crippen molar-refractivity contribution in [2.45, 2.75) is 25.8 Å². The summed E-state index contributed by atoms with van der Waals surface area (Å²) in [5, 5.41) is 13.0. The summed E-state index contributed by atoms with van der Waals surface area (Å²) in [6.45, 7) is -0.0999. The summed E-state index contributed by atoms with van der Waals surface area (Å²) >= 11 is 0. The summed E-state index contributed by atoms with van der Waals surface area (Å²) in [6, 6.07) is 4.99.